The summed E-state index contributed by atoms with van der Waals surface area (Å²) in [7, 11) is 0. The fourth-order valence-corrected chi connectivity index (χ4v) is 1.74. The molecule has 0 N–H and O–H groups in total. The first-order chi connectivity index (χ1) is 8.75. The summed E-state index contributed by atoms with van der Waals surface area (Å²) >= 11 is 0. The molecular formula is C15H13O3-. The Morgan fingerprint density at radius 3 is 2.39 bits per heavy atom. The van der Waals surface area contributed by atoms with Crippen LogP contribution in [0.4, 0.5) is 0 Å². The van der Waals surface area contributed by atoms with Crippen LogP contribution in [0, 0.1) is 0 Å². The van der Waals surface area contributed by atoms with Crippen LogP contribution in [0.25, 0.3) is 0 Å². The minimum absolute atomic E-state index is 0.425. The predicted molar refractivity (Wildman–Crippen MR) is 66.2 cm³/mol. The maximum absolute atomic E-state index is 10.4. The molecule has 0 amide bonds. The minimum atomic E-state index is -1.22. The zero-order chi connectivity index (χ0) is 12.8. The molecule has 2 aromatic carbocycles. The third-order valence-corrected chi connectivity index (χ3v) is 2.56. The molecule has 92 valence electrons. The van der Waals surface area contributed by atoms with Crippen molar-refractivity contribution in [2.45, 2.75) is 6.42 Å². The van der Waals surface area contributed by atoms with Crippen LogP contribution in [0.3, 0.4) is 0 Å². The van der Waals surface area contributed by atoms with Gasteiger partial charge in [0.2, 0.25) is 0 Å². The molecule has 0 bridgehead atoms. The molecule has 0 saturated carbocycles. The lowest BCUT2D eigenvalue weighted by Gasteiger charge is -2.11. The number of hydrogen-bond donors (Lipinski definition) is 0. The number of carbonyl (C=O) groups is 1. The Balaban J connectivity index is 2.14. The van der Waals surface area contributed by atoms with E-state index in [1.54, 1.807) is 6.07 Å². The largest absolute Gasteiger partial charge is 0.546 e. The molecule has 2 aromatic rings. The van der Waals surface area contributed by atoms with Gasteiger partial charge in [-0.1, -0.05) is 48.5 Å². The van der Waals surface area contributed by atoms with Crippen molar-refractivity contribution < 1.29 is 14.6 Å². The quantitative estimate of drug-likeness (QED) is 0.795. The molecule has 0 aromatic heterocycles. The number of carbonyl (C=O) groups excluding carboxylic acids is 1. The SMILES string of the molecule is O=C([O-])COc1ccccc1Cc1ccccc1. The highest BCUT2D eigenvalue weighted by atomic mass is 16.5. The van der Waals surface area contributed by atoms with Crippen LogP contribution in [0.5, 0.6) is 5.75 Å². The zero-order valence-corrected chi connectivity index (χ0v) is 9.84. The average Bonchev–Trinajstić information content (AvgIpc) is 2.39. The van der Waals surface area contributed by atoms with Gasteiger partial charge >= 0.3 is 0 Å². The Labute approximate surface area is 106 Å². The third kappa shape index (κ3) is 3.35. The molecule has 0 fully saturated rings. The topological polar surface area (TPSA) is 49.4 Å². The van der Waals surface area contributed by atoms with Crippen molar-refractivity contribution in [1.82, 2.24) is 0 Å². The summed E-state index contributed by atoms with van der Waals surface area (Å²) < 4.78 is 5.21. The summed E-state index contributed by atoms with van der Waals surface area (Å²) in [6.45, 7) is -0.425. The summed E-state index contributed by atoms with van der Waals surface area (Å²) in [6.07, 6.45) is 0.712. The number of ether oxygens (including phenoxy) is 1. The van der Waals surface area contributed by atoms with E-state index in [2.05, 4.69) is 0 Å². The van der Waals surface area contributed by atoms with Crippen LogP contribution in [0.15, 0.2) is 54.6 Å². The van der Waals surface area contributed by atoms with Crippen molar-refractivity contribution in [3.8, 4) is 5.75 Å². The molecule has 0 saturated heterocycles. The lowest BCUT2D eigenvalue weighted by atomic mass is 10.0. The fraction of sp³-hybridized carbons (Fsp3) is 0.133. The normalized spacial score (nSPS) is 10.0. The summed E-state index contributed by atoms with van der Waals surface area (Å²) in [5.41, 5.74) is 2.12. The molecule has 3 heteroatoms. The molecule has 0 heterocycles. The van der Waals surface area contributed by atoms with Crippen LogP contribution in [0.2, 0.25) is 0 Å². The monoisotopic (exact) mass is 241 g/mol. The lowest BCUT2D eigenvalue weighted by molar-refractivity contribution is -0.307. The smallest absolute Gasteiger partial charge is 0.128 e. The molecular weight excluding hydrogens is 228 g/mol. The first-order valence-electron chi connectivity index (χ1n) is 5.70. The fourth-order valence-electron chi connectivity index (χ4n) is 1.74. The number of benzene rings is 2. The van der Waals surface area contributed by atoms with E-state index in [4.69, 9.17) is 4.74 Å². The van der Waals surface area contributed by atoms with Crippen molar-refractivity contribution in [3.63, 3.8) is 0 Å². The van der Waals surface area contributed by atoms with E-state index in [0.717, 1.165) is 11.1 Å². The number of carboxylic acid groups (broad SMARTS) is 1. The summed E-state index contributed by atoms with van der Waals surface area (Å²) in [5.74, 6) is -0.630. The van der Waals surface area contributed by atoms with Gasteiger partial charge in [0.15, 0.2) is 0 Å². The molecule has 0 atom stereocenters. The van der Waals surface area contributed by atoms with E-state index >= 15 is 0 Å². The number of carboxylic acids is 1. The highest BCUT2D eigenvalue weighted by Gasteiger charge is 2.03. The maximum Gasteiger partial charge on any atom is 0.128 e. The van der Waals surface area contributed by atoms with E-state index in [0.29, 0.717) is 12.2 Å². The second-order valence-corrected chi connectivity index (χ2v) is 3.93. The van der Waals surface area contributed by atoms with Crippen molar-refractivity contribution in [3.05, 3.63) is 65.7 Å². The molecule has 0 unspecified atom stereocenters. The van der Waals surface area contributed by atoms with Gasteiger partial charge in [0.25, 0.3) is 0 Å². The predicted octanol–water partition coefficient (Wildman–Crippen LogP) is 1.41. The van der Waals surface area contributed by atoms with E-state index in [-0.39, 0.29) is 0 Å². The first kappa shape index (κ1) is 12.2. The minimum Gasteiger partial charge on any atom is -0.546 e. The Kier molecular flexibility index (Phi) is 3.97. The maximum atomic E-state index is 10.4. The second kappa shape index (κ2) is 5.87. The van der Waals surface area contributed by atoms with Gasteiger partial charge in [-0.25, -0.2) is 0 Å². The second-order valence-electron chi connectivity index (χ2n) is 3.93. The number of rotatable bonds is 5. The molecule has 0 aliphatic carbocycles. The average molecular weight is 241 g/mol. The Bertz CT molecular complexity index is 520. The van der Waals surface area contributed by atoms with Crippen molar-refractivity contribution in [1.29, 1.82) is 0 Å². The molecule has 18 heavy (non-hydrogen) atoms. The standard InChI is InChI=1S/C15H14O3/c16-15(17)11-18-14-9-5-4-8-13(14)10-12-6-2-1-3-7-12/h1-9H,10-11H2,(H,16,17)/p-1. The van der Waals surface area contributed by atoms with Crippen LogP contribution in [0.1, 0.15) is 11.1 Å². The van der Waals surface area contributed by atoms with Crippen LogP contribution in [-0.4, -0.2) is 12.6 Å². The zero-order valence-electron chi connectivity index (χ0n) is 9.84. The van der Waals surface area contributed by atoms with Crippen molar-refractivity contribution in [2.24, 2.45) is 0 Å². The van der Waals surface area contributed by atoms with Gasteiger partial charge in [0.05, 0.1) is 5.97 Å². The number of aliphatic carboxylic acids is 1. The van der Waals surface area contributed by atoms with Gasteiger partial charge in [-0.15, -0.1) is 0 Å². The summed E-state index contributed by atoms with van der Waals surface area (Å²) in [4.78, 5) is 10.4. The van der Waals surface area contributed by atoms with E-state index < -0.39 is 12.6 Å². The highest BCUT2D eigenvalue weighted by Crippen LogP contribution is 2.21. The summed E-state index contributed by atoms with van der Waals surface area (Å²) in [5, 5.41) is 10.4. The van der Waals surface area contributed by atoms with Gasteiger partial charge in [-0.3, -0.25) is 0 Å². The molecule has 0 aliphatic rings. The van der Waals surface area contributed by atoms with E-state index in [1.807, 2.05) is 48.5 Å². The lowest BCUT2D eigenvalue weighted by Crippen LogP contribution is -2.29. The van der Waals surface area contributed by atoms with Gasteiger partial charge in [-0.05, 0) is 17.2 Å². The molecule has 0 aliphatic heterocycles. The van der Waals surface area contributed by atoms with Gasteiger partial charge < -0.3 is 14.6 Å². The Morgan fingerprint density at radius 2 is 1.67 bits per heavy atom. The molecule has 0 spiro atoms. The van der Waals surface area contributed by atoms with Crippen LogP contribution < -0.4 is 9.84 Å². The van der Waals surface area contributed by atoms with Crippen molar-refractivity contribution in [2.75, 3.05) is 6.61 Å². The third-order valence-electron chi connectivity index (χ3n) is 2.56. The highest BCUT2D eigenvalue weighted by molar-refractivity contribution is 5.66. The van der Waals surface area contributed by atoms with Crippen LogP contribution in [-0.2, 0) is 11.2 Å². The first-order valence-corrected chi connectivity index (χ1v) is 5.70. The molecule has 0 radical (unpaired) electrons. The summed E-state index contributed by atoms with van der Waals surface area (Å²) in [6, 6.07) is 17.4. The Morgan fingerprint density at radius 1 is 1.00 bits per heavy atom. The molecule has 2 rings (SSSR count). The van der Waals surface area contributed by atoms with E-state index in [1.165, 1.54) is 0 Å². The number of hydrogen-bond acceptors (Lipinski definition) is 3. The van der Waals surface area contributed by atoms with Gasteiger partial charge in [0.1, 0.15) is 12.4 Å². The Hall–Kier alpha value is -2.29. The van der Waals surface area contributed by atoms with Crippen molar-refractivity contribution >= 4 is 5.97 Å². The molecule has 3 nitrogen and oxygen atoms in total. The van der Waals surface area contributed by atoms with Gasteiger partial charge in [-0.2, -0.15) is 0 Å². The number of para-hydroxylation sites is 1. The van der Waals surface area contributed by atoms with Crippen LogP contribution >= 0.6 is 0 Å². The van der Waals surface area contributed by atoms with Gasteiger partial charge in [0, 0.05) is 6.42 Å². The van der Waals surface area contributed by atoms with E-state index in [9.17, 15) is 9.90 Å².